The van der Waals surface area contributed by atoms with Crippen LogP contribution in [0.2, 0.25) is 5.15 Å². The van der Waals surface area contributed by atoms with Crippen LogP contribution in [0.5, 0.6) is 0 Å². The maximum Gasteiger partial charge on any atom is 0.191 e. The number of nitrogens with zero attached hydrogens (tertiary/aromatic N) is 2. The zero-order chi connectivity index (χ0) is 12.5. The Balaban J connectivity index is 2.02. The molecule has 0 aliphatic carbocycles. The first kappa shape index (κ1) is 12.0. The van der Waals surface area contributed by atoms with Gasteiger partial charge in [-0.3, -0.25) is 0 Å². The number of aliphatic hydroxyl groups is 1. The summed E-state index contributed by atoms with van der Waals surface area (Å²) in [6, 6.07) is 8.38. The molecule has 0 bridgehead atoms. The SMILES string of the molecule is OCc1sc(N2CCCc3ccccc32)nc1Cl. The molecule has 1 aliphatic rings. The number of thiazole rings is 1. The van der Waals surface area contributed by atoms with Gasteiger partial charge >= 0.3 is 0 Å². The Morgan fingerprint density at radius 2 is 2.22 bits per heavy atom. The number of anilines is 2. The Morgan fingerprint density at radius 3 is 3.00 bits per heavy atom. The van der Waals surface area contributed by atoms with Crippen molar-refractivity contribution in [3.05, 3.63) is 39.9 Å². The van der Waals surface area contributed by atoms with Crippen molar-refractivity contribution in [1.82, 2.24) is 4.98 Å². The van der Waals surface area contributed by atoms with Crippen LogP contribution < -0.4 is 4.90 Å². The first-order chi connectivity index (χ1) is 8.79. The van der Waals surface area contributed by atoms with E-state index in [1.165, 1.54) is 22.6 Å². The molecule has 2 heterocycles. The monoisotopic (exact) mass is 280 g/mol. The summed E-state index contributed by atoms with van der Waals surface area (Å²) in [7, 11) is 0. The largest absolute Gasteiger partial charge is 0.391 e. The number of hydrogen-bond acceptors (Lipinski definition) is 4. The molecule has 0 unspecified atom stereocenters. The van der Waals surface area contributed by atoms with E-state index in [-0.39, 0.29) is 6.61 Å². The Labute approximate surface area is 115 Å². The molecule has 5 heteroatoms. The van der Waals surface area contributed by atoms with Crippen molar-refractivity contribution in [1.29, 1.82) is 0 Å². The molecule has 1 aromatic heterocycles. The van der Waals surface area contributed by atoms with Crippen LogP contribution in [0.3, 0.4) is 0 Å². The van der Waals surface area contributed by atoms with E-state index in [9.17, 15) is 5.11 Å². The third kappa shape index (κ3) is 2.00. The molecule has 1 aliphatic heterocycles. The fourth-order valence-corrected chi connectivity index (χ4v) is 3.42. The van der Waals surface area contributed by atoms with Crippen molar-refractivity contribution >= 4 is 33.8 Å². The lowest BCUT2D eigenvalue weighted by Crippen LogP contribution is -2.24. The molecule has 3 nitrogen and oxygen atoms in total. The van der Waals surface area contributed by atoms with Crippen LogP contribution in [0.15, 0.2) is 24.3 Å². The number of rotatable bonds is 2. The van der Waals surface area contributed by atoms with Crippen LogP contribution in [0.4, 0.5) is 10.8 Å². The summed E-state index contributed by atoms with van der Waals surface area (Å²) >= 11 is 7.47. The third-order valence-corrected chi connectivity index (χ3v) is 4.61. The standard InChI is InChI=1S/C13H13ClN2OS/c14-12-11(8-17)18-13(15-12)16-7-3-5-9-4-1-2-6-10(9)16/h1-2,4,6,17H,3,5,7-8H2. The molecule has 1 N–H and O–H groups in total. The highest BCUT2D eigenvalue weighted by Gasteiger charge is 2.21. The average Bonchev–Trinajstić information content (AvgIpc) is 2.79. The van der Waals surface area contributed by atoms with Crippen molar-refractivity contribution in [2.45, 2.75) is 19.4 Å². The molecule has 0 radical (unpaired) electrons. The lowest BCUT2D eigenvalue weighted by molar-refractivity contribution is 0.285. The quantitative estimate of drug-likeness (QED) is 0.916. The first-order valence-corrected chi connectivity index (χ1v) is 7.10. The number of aromatic nitrogens is 1. The Hall–Kier alpha value is -1.10. The summed E-state index contributed by atoms with van der Waals surface area (Å²) in [5.41, 5.74) is 2.55. The second-order valence-electron chi connectivity index (χ2n) is 4.25. The molecular weight excluding hydrogens is 268 g/mol. The first-order valence-electron chi connectivity index (χ1n) is 5.91. The van der Waals surface area contributed by atoms with Crippen LogP contribution in [0.1, 0.15) is 16.9 Å². The Bertz CT molecular complexity index is 570. The summed E-state index contributed by atoms with van der Waals surface area (Å²) < 4.78 is 0. The molecular formula is C13H13ClN2OS. The maximum atomic E-state index is 9.19. The van der Waals surface area contributed by atoms with Gasteiger partial charge in [0.1, 0.15) is 5.15 Å². The second kappa shape index (κ2) is 4.88. The smallest absolute Gasteiger partial charge is 0.191 e. The number of hydrogen-bond donors (Lipinski definition) is 1. The van der Waals surface area contributed by atoms with Gasteiger partial charge in [0.15, 0.2) is 5.13 Å². The summed E-state index contributed by atoms with van der Waals surface area (Å²) in [5.74, 6) is 0. The van der Waals surface area contributed by atoms with Crippen molar-refractivity contribution in [3.63, 3.8) is 0 Å². The van der Waals surface area contributed by atoms with E-state index >= 15 is 0 Å². The summed E-state index contributed by atoms with van der Waals surface area (Å²) in [4.78, 5) is 7.27. The van der Waals surface area contributed by atoms with Gasteiger partial charge < -0.3 is 10.0 Å². The molecule has 2 aromatic rings. The van der Waals surface area contributed by atoms with Crippen molar-refractivity contribution in [2.24, 2.45) is 0 Å². The van der Waals surface area contributed by atoms with Crippen LogP contribution in [-0.4, -0.2) is 16.6 Å². The molecule has 0 amide bonds. The van der Waals surface area contributed by atoms with Gasteiger partial charge in [0.05, 0.1) is 11.5 Å². The number of aryl methyl sites for hydroxylation is 1. The molecule has 0 spiro atoms. The number of aliphatic hydroxyl groups excluding tert-OH is 1. The van der Waals surface area contributed by atoms with Crippen LogP contribution in [0.25, 0.3) is 0 Å². The average molecular weight is 281 g/mol. The van der Waals surface area contributed by atoms with E-state index in [4.69, 9.17) is 11.6 Å². The van der Waals surface area contributed by atoms with Gasteiger partial charge in [0.25, 0.3) is 0 Å². The van der Waals surface area contributed by atoms with E-state index < -0.39 is 0 Å². The Morgan fingerprint density at radius 1 is 1.39 bits per heavy atom. The minimum Gasteiger partial charge on any atom is -0.391 e. The number of fused-ring (bicyclic) bond motifs is 1. The molecule has 94 valence electrons. The zero-order valence-corrected chi connectivity index (χ0v) is 11.3. The number of para-hydroxylation sites is 1. The topological polar surface area (TPSA) is 36.4 Å². The predicted molar refractivity (Wildman–Crippen MR) is 74.8 cm³/mol. The van der Waals surface area contributed by atoms with E-state index in [0.29, 0.717) is 5.15 Å². The highest BCUT2D eigenvalue weighted by atomic mass is 35.5. The predicted octanol–water partition coefficient (Wildman–Crippen LogP) is 3.37. The minimum absolute atomic E-state index is 0.0496. The van der Waals surface area contributed by atoms with Crippen LogP contribution in [-0.2, 0) is 13.0 Å². The van der Waals surface area contributed by atoms with Gasteiger partial charge in [-0.25, -0.2) is 4.98 Å². The zero-order valence-electron chi connectivity index (χ0n) is 9.77. The van der Waals surface area contributed by atoms with Crippen molar-refractivity contribution in [3.8, 4) is 0 Å². The Kier molecular flexibility index (Phi) is 3.24. The summed E-state index contributed by atoms with van der Waals surface area (Å²) in [5, 5.41) is 10.5. The van der Waals surface area contributed by atoms with E-state index in [2.05, 4.69) is 28.1 Å². The van der Waals surface area contributed by atoms with E-state index in [1.807, 2.05) is 6.07 Å². The summed E-state index contributed by atoms with van der Waals surface area (Å²) in [6.45, 7) is 0.901. The highest BCUT2D eigenvalue weighted by molar-refractivity contribution is 7.16. The fraction of sp³-hybridized carbons (Fsp3) is 0.308. The van der Waals surface area contributed by atoms with Crippen molar-refractivity contribution < 1.29 is 5.11 Å². The number of halogens is 1. The van der Waals surface area contributed by atoms with E-state index in [0.717, 1.165) is 29.4 Å². The normalized spacial score (nSPS) is 14.7. The molecule has 0 saturated heterocycles. The second-order valence-corrected chi connectivity index (χ2v) is 5.67. The van der Waals surface area contributed by atoms with E-state index in [1.54, 1.807) is 0 Å². The van der Waals surface area contributed by atoms with Gasteiger partial charge in [0.2, 0.25) is 0 Å². The van der Waals surface area contributed by atoms with Gasteiger partial charge in [-0.05, 0) is 24.5 Å². The van der Waals surface area contributed by atoms with Crippen LogP contribution in [0, 0.1) is 0 Å². The molecule has 1 aromatic carbocycles. The van der Waals surface area contributed by atoms with Gasteiger partial charge in [-0.2, -0.15) is 0 Å². The van der Waals surface area contributed by atoms with Gasteiger partial charge in [0, 0.05) is 12.2 Å². The molecule has 0 saturated carbocycles. The lowest BCUT2D eigenvalue weighted by Gasteiger charge is -2.28. The van der Waals surface area contributed by atoms with Gasteiger partial charge in [-0.1, -0.05) is 41.1 Å². The van der Waals surface area contributed by atoms with Gasteiger partial charge in [-0.15, -0.1) is 0 Å². The lowest BCUT2D eigenvalue weighted by atomic mass is 10.0. The third-order valence-electron chi connectivity index (χ3n) is 3.12. The minimum atomic E-state index is -0.0496. The molecule has 0 fully saturated rings. The maximum absolute atomic E-state index is 9.19. The highest BCUT2D eigenvalue weighted by Crippen LogP contribution is 2.37. The summed E-state index contributed by atoms with van der Waals surface area (Å²) in [6.07, 6.45) is 2.22. The number of benzene rings is 1. The molecule has 0 atom stereocenters. The molecule has 3 rings (SSSR count). The van der Waals surface area contributed by atoms with Crippen LogP contribution >= 0.6 is 22.9 Å². The molecule has 18 heavy (non-hydrogen) atoms. The fourth-order valence-electron chi connectivity index (χ4n) is 2.27. The van der Waals surface area contributed by atoms with Crippen molar-refractivity contribution in [2.75, 3.05) is 11.4 Å².